The van der Waals surface area contributed by atoms with E-state index in [1.807, 2.05) is 4.90 Å². The molecule has 5 heteroatoms. The first-order valence-electron chi connectivity index (χ1n) is 6.50. The topological polar surface area (TPSA) is 64.8 Å². The average Bonchev–Trinajstić information content (AvgIpc) is 2.96. The molecule has 2 heterocycles. The maximum absolute atomic E-state index is 12.5. The number of hydrogen-bond acceptors (Lipinski definition) is 4. The Balaban J connectivity index is 1.76. The van der Waals surface area contributed by atoms with Crippen LogP contribution in [0.1, 0.15) is 25.7 Å². The zero-order chi connectivity index (χ0) is 11.9. The van der Waals surface area contributed by atoms with E-state index < -0.39 is 5.54 Å². The van der Waals surface area contributed by atoms with E-state index in [1.165, 1.54) is 0 Å². The van der Waals surface area contributed by atoms with Crippen molar-refractivity contribution >= 4 is 5.91 Å². The summed E-state index contributed by atoms with van der Waals surface area (Å²) in [4.78, 5) is 14.5. The van der Waals surface area contributed by atoms with Crippen molar-refractivity contribution in [2.45, 2.75) is 43.4 Å². The van der Waals surface area contributed by atoms with Gasteiger partial charge in [-0.15, -0.1) is 0 Å². The van der Waals surface area contributed by atoms with Gasteiger partial charge in [0.25, 0.3) is 0 Å². The highest BCUT2D eigenvalue weighted by atomic mass is 16.5. The number of rotatable bonds is 1. The van der Waals surface area contributed by atoms with Crippen LogP contribution in [0, 0.1) is 0 Å². The fourth-order valence-corrected chi connectivity index (χ4v) is 3.21. The third-order valence-corrected chi connectivity index (χ3v) is 4.22. The van der Waals surface area contributed by atoms with E-state index in [-0.39, 0.29) is 18.1 Å². The molecule has 2 N–H and O–H groups in total. The molecule has 0 spiro atoms. The standard InChI is InChI=1S/C12H20N2O3/c13-12(4-6-16-8-12)11(15)14-5-7-17-10-3-1-2-9(10)14/h9-10H,1-8,13H2. The Hall–Kier alpha value is -0.650. The molecule has 5 nitrogen and oxygen atoms in total. The van der Waals surface area contributed by atoms with Crippen molar-refractivity contribution < 1.29 is 14.3 Å². The molecule has 0 aromatic heterocycles. The highest BCUT2D eigenvalue weighted by Gasteiger charge is 2.46. The van der Waals surface area contributed by atoms with Gasteiger partial charge in [0.2, 0.25) is 5.91 Å². The average molecular weight is 240 g/mol. The van der Waals surface area contributed by atoms with Crippen LogP contribution < -0.4 is 5.73 Å². The molecule has 0 bridgehead atoms. The van der Waals surface area contributed by atoms with Crippen molar-refractivity contribution in [2.75, 3.05) is 26.4 Å². The summed E-state index contributed by atoms with van der Waals surface area (Å²) in [6.07, 6.45) is 4.14. The van der Waals surface area contributed by atoms with Crippen LogP contribution in [0.3, 0.4) is 0 Å². The van der Waals surface area contributed by atoms with Gasteiger partial charge >= 0.3 is 0 Å². The highest BCUT2D eigenvalue weighted by molar-refractivity contribution is 5.87. The first-order valence-corrected chi connectivity index (χ1v) is 6.50. The molecule has 1 amide bonds. The van der Waals surface area contributed by atoms with Crippen LogP contribution in [-0.2, 0) is 14.3 Å². The molecule has 17 heavy (non-hydrogen) atoms. The number of nitrogens with two attached hydrogens (primary N) is 1. The number of hydrogen-bond donors (Lipinski definition) is 1. The molecule has 3 aliphatic rings. The van der Waals surface area contributed by atoms with E-state index in [1.54, 1.807) is 0 Å². The molecule has 3 fully saturated rings. The number of fused-ring (bicyclic) bond motifs is 1. The van der Waals surface area contributed by atoms with Gasteiger partial charge in [-0.2, -0.15) is 0 Å². The minimum atomic E-state index is -0.787. The Kier molecular flexibility index (Phi) is 2.84. The fraction of sp³-hybridized carbons (Fsp3) is 0.917. The first kappa shape index (κ1) is 11.4. The molecule has 1 saturated carbocycles. The van der Waals surface area contributed by atoms with Crippen LogP contribution in [0.25, 0.3) is 0 Å². The Bertz CT molecular complexity index is 315. The Labute approximate surface area is 101 Å². The number of amides is 1. The van der Waals surface area contributed by atoms with Crippen LogP contribution in [0.15, 0.2) is 0 Å². The van der Waals surface area contributed by atoms with Gasteiger partial charge in [-0.1, -0.05) is 0 Å². The summed E-state index contributed by atoms with van der Waals surface area (Å²) in [5.74, 6) is 0.0650. The lowest BCUT2D eigenvalue weighted by Crippen LogP contribution is -2.62. The minimum absolute atomic E-state index is 0.0650. The molecule has 2 aliphatic heterocycles. The molecule has 1 aliphatic carbocycles. The molecule has 3 atom stereocenters. The largest absolute Gasteiger partial charge is 0.379 e. The summed E-state index contributed by atoms with van der Waals surface area (Å²) in [6, 6.07) is 0.247. The smallest absolute Gasteiger partial charge is 0.245 e. The zero-order valence-corrected chi connectivity index (χ0v) is 10.1. The molecule has 0 radical (unpaired) electrons. The van der Waals surface area contributed by atoms with Gasteiger partial charge in [0.05, 0.1) is 25.4 Å². The molecular weight excluding hydrogens is 220 g/mol. The zero-order valence-electron chi connectivity index (χ0n) is 10.1. The van der Waals surface area contributed by atoms with Gasteiger partial charge in [0.1, 0.15) is 5.54 Å². The van der Waals surface area contributed by atoms with Crippen molar-refractivity contribution in [2.24, 2.45) is 5.73 Å². The van der Waals surface area contributed by atoms with E-state index in [0.29, 0.717) is 32.8 Å². The lowest BCUT2D eigenvalue weighted by Gasteiger charge is -2.41. The van der Waals surface area contributed by atoms with Gasteiger partial charge < -0.3 is 20.1 Å². The maximum atomic E-state index is 12.5. The predicted octanol–water partition coefficient (Wildman–Crippen LogP) is -0.116. The SMILES string of the molecule is NC1(C(=O)N2CCOC3CCCC32)CCOC1. The Morgan fingerprint density at radius 1 is 1.35 bits per heavy atom. The number of ether oxygens (including phenoxy) is 2. The van der Waals surface area contributed by atoms with Crippen LogP contribution >= 0.6 is 0 Å². The number of carbonyl (C=O) groups excluding carboxylic acids is 1. The quantitative estimate of drug-likeness (QED) is 0.694. The van der Waals surface area contributed by atoms with Gasteiger partial charge in [-0.3, -0.25) is 4.79 Å². The van der Waals surface area contributed by atoms with Crippen molar-refractivity contribution in [3.05, 3.63) is 0 Å². The van der Waals surface area contributed by atoms with E-state index in [2.05, 4.69) is 0 Å². The molecule has 0 aromatic rings. The van der Waals surface area contributed by atoms with E-state index in [9.17, 15) is 4.79 Å². The number of carbonyl (C=O) groups is 1. The third kappa shape index (κ3) is 1.86. The summed E-state index contributed by atoms with van der Waals surface area (Å²) >= 11 is 0. The summed E-state index contributed by atoms with van der Waals surface area (Å²) in [7, 11) is 0. The van der Waals surface area contributed by atoms with Gasteiger partial charge in [0.15, 0.2) is 0 Å². The van der Waals surface area contributed by atoms with E-state index in [0.717, 1.165) is 19.3 Å². The van der Waals surface area contributed by atoms with Crippen LogP contribution in [0.2, 0.25) is 0 Å². The van der Waals surface area contributed by atoms with Crippen molar-refractivity contribution in [3.63, 3.8) is 0 Å². The van der Waals surface area contributed by atoms with Crippen LogP contribution in [-0.4, -0.2) is 54.9 Å². The summed E-state index contributed by atoms with van der Waals surface area (Å²) in [5.41, 5.74) is 5.37. The second kappa shape index (κ2) is 4.23. The first-order chi connectivity index (χ1) is 8.21. The van der Waals surface area contributed by atoms with Crippen molar-refractivity contribution in [1.82, 2.24) is 4.90 Å². The number of morpholine rings is 1. The lowest BCUT2D eigenvalue weighted by atomic mass is 9.96. The molecular formula is C12H20N2O3. The summed E-state index contributed by atoms with van der Waals surface area (Å²) in [5, 5.41) is 0. The summed E-state index contributed by atoms with van der Waals surface area (Å²) in [6.45, 7) is 2.28. The number of nitrogens with zero attached hydrogens (tertiary/aromatic N) is 1. The van der Waals surface area contributed by atoms with E-state index in [4.69, 9.17) is 15.2 Å². The normalized spacial score (nSPS) is 41.6. The van der Waals surface area contributed by atoms with Gasteiger partial charge in [0, 0.05) is 13.2 Å². The highest BCUT2D eigenvalue weighted by Crippen LogP contribution is 2.32. The Morgan fingerprint density at radius 3 is 3.00 bits per heavy atom. The monoisotopic (exact) mass is 240 g/mol. The van der Waals surface area contributed by atoms with Crippen LogP contribution in [0.5, 0.6) is 0 Å². The van der Waals surface area contributed by atoms with Crippen molar-refractivity contribution in [3.8, 4) is 0 Å². The lowest BCUT2D eigenvalue weighted by molar-refractivity contribution is -0.149. The Morgan fingerprint density at radius 2 is 2.24 bits per heavy atom. The molecule has 96 valence electrons. The molecule has 3 rings (SSSR count). The molecule has 3 unspecified atom stereocenters. The minimum Gasteiger partial charge on any atom is -0.379 e. The van der Waals surface area contributed by atoms with Crippen LogP contribution in [0.4, 0.5) is 0 Å². The fourth-order valence-electron chi connectivity index (χ4n) is 3.21. The summed E-state index contributed by atoms with van der Waals surface area (Å²) < 4.78 is 11.0. The molecule has 0 aromatic carbocycles. The maximum Gasteiger partial charge on any atom is 0.245 e. The second-order valence-electron chi connectivity index (χ2n) is 5.36. The van der Waals surface area contributed by atoms with E-state index >= 15 is 0 Å². The van der Waals surface area contributed by atoms with Crippen molar-refractivity contribution in [1.29, 1.82) is 0 Å². The van der Waals surface area contributed by atoms with Gasteiger partial charge in [-0.25, -0.2) is 0 Å². The molecule has 2 saturated heterocycles. The predicted molar refractivity (Wildman–Crippen MR) is 61.4 cm³/mol. The third-order valence-electron chi connectivity index (χ3n) is 4.22. The van der Waals surface area contributed by atoms with Gasteiger partial charge in [-0.05, 0) is 25.7 Å². The second-order valence-corrected chi connectivity index (χ2v) is 5.36.